The van der Waals surface area contributed by atoms with Gasteiger partial charge in [0.05, 0.1) is 12.0 Å². The summed E-state index contributed by atoms with van der Waals surface area (Å²) in [5.74, 6) is 0.756. The number of rotatable bonds is 7. The summed E-state index contributed by atoms with van der Waals surface area (Å²) in [5, 5.41) is 22.8. The molecule has 0 radical (unpaired) electrons. The van der Waals surface area contributed by atoms with Crippen LogP contribution in [-0.2, 0) is 10.2 Å². The number of aromatic hydroxyl groups is 1. The molecule has 0 atom stereocenters. The van der Waals surface area contributed by atoms with Crippen molar-refractivity contribution < 1.29 is 9.90 Å². The van der Waals surface area contributed by atoms with Crippen molar-refractivity contribution in [1.29, 1.82) is 0 Å². The van der Waals surface area contributed by atoms with Gasteiger partial charge in [-0.2, -0.15) is 5.10 Å². The van der Waals surface area contributed by atoms with Gasteiger partial charge in [-0.3, -0.25) is 9.36 Å². The number of nitrogens with zero attached hydrogens (tertiary/aromatic N) is 4. The van der Waals surface area contributed by atoms with Gasteiger partial charge in [0.2, 0.25) is 0 Å². The van der Waals surface area contributed by atoms with Crippen molar-refractivity contribution in [3.63, 3.8) is 0 Å². The van der Waals surface area contributed by atoms with E-state index in [1.807, 2.05) is 35.8 Å². The fraction of sp³-hybridized carbons (Fsp3) is 0.214. The van der Waals surface area contributed by atoms with Gasteiger partial charge in [-0.1, -0.05) is 74.5 Å². The van der Waals surface area contributed by atoms with Crippen molar-refractivity contribution in [3.8, 4) is 22.8 Å². The minimum absolute atomic E-state index is 0.0578. The summed E-state index contributed by atoms with van der Waals surface area (Å²) in [7, 11) is 0. The largest absolute Gasteiger partial charge is 0.508 e. The molecule has 0 spiro atoms. The smallest absolute Gasteiger partial charge is 0.250 e. The van der Waals surface area contributed by atoms with E-state index in [2.05, 4.69) is 65.8 Å². The minimum atomic E-state index is -0.260. The number of hydrogen-bond acceptors (Lipinski definition) is 6. The summed E-state index contributed by atoms with van der Waals surface area (Å²) in [6.45, 7) is 8.60. The third-order valence-corrected chi connectivity index (χ3v) is 6.49. The van der Waals surface area contributed by atoms with Gasteiger partial charge in [0.15, 0.2) is 11.0 Å². The zero-order chi connectivity index (χ0) is 25.7. The summed E-state index contributed by atoms with van der Waals surface area (Å²) >= 11 is 1.30. The molecule has 0 aliphatic heterocycles. The Bertz CT molecular complexity index is 1350. The molecule has 0 unspecified atom stereocenters. The van der Waals surface area contributed by atoms with Crippen LogP contribution in [0.25, 0.3) is 17.1 Å². The SMILES string of the molecule is Cc1ccc(-n2c(SCC(=O)NN=Cc3ccc(O)cc3)nnc2-c2ccc(C(C)(C)C)cc2)cc1. The molecule has 36 heavy (non-hydrogen) atoms. The van der Waals surface area contributed by atoms with Crippen LogP contribution in [0.1, 0.15) is 37.5 Å². The predicted molar refractivity (Wildman–Crippen MR) is 145 cm³/mol. The topological polar surface area (TPSA) is 92.4 Å². The molecule has 2 N–H and O–H groups in total. The zero-order valence-electron chi connectivity index (χ0n) is 20.8. The minimum Gasteiger partial charge on any atom is -0.508 e. The number of hydrogen-bond donors (Lipinski definition) is 2. The fourth-order valence-electron chi connectivity index (χ4n) is 3.50. The molecule has 8 heteroatoms. The molecule has 0 fully saturated rings. The van der Waals surface area contributed by atoms with E-state index < -0.39 is 0 Å². The number of carbonyl (C=O) groups is 1. The Hall–Kier alpha value is -3.91. The van der Waals surface area contributed by atoms with Crippen molar-refractivity contribution >= 4 is 23.9 Å². The Morgan fingerprint density at radius 1 is 1.00 bits per heavy atom. The molecule has 3 aromatic carbocycles. The molecule has 1 aromatic heterocycles. The lowest BCUT2D eigenvalue weighted by Gasteiger charge is -2.19. The Balaban J connectivity index is 1.53. The number of aromatic nitrogens is 3. The lowest BCUT2D eigenvalue weighted by Crippen LogP contribution is -2.20. The van der Waals surface area contributed by atoms with Crippen molar-refractivity contribution in [2.45, 2.75) is 38.3 Å². The Labute approximate surface area is 215 Å². The highest BCUT2D eigenvalue weighted by atomic mass is 32.2. The maximum absolute atomic E-state index is 12.4. The maximum atomic E-state index is 12.4. The molecule has 4 rings (SSSR count). The molecule has 1 heterocycles. The molecular formula is C28H29N5O2S. The first-order chi connectivity index (χ1) is 17.2. The number of carbonyl (C=O) groups excluding carboxylic acids is 1. The summed E-state index contributed by atoms with van der Waals surface area (Å²) in [6, 6.07) is 23.0. The summed E-state index contributed by atoms with van der Waals surface area (Å²) in [6.07, 6.45) is 1.52. The van der Waals surface area contributed by atoms with Crippen LogP contribution in [-0.4, -0.2) is 37.7 Å². The van der Waals surface area contributed by atoms with E-state index in [0.29, 0.717) is 11.0 Å². The second kappa shape index (κ2) is 10.8. The van der Waals surface area contributed by atoms with Gasteiger partial charge >= 0.3 is 0 Å². The van der Waals surface area contributed by atoms with Crippen LogP contribution >= 0.6 is 11.8 Å². The van der Waals surface area contributed by atoms with E-state index >= 15 is 0 Å². The molecule has 184 valence electrons. The van der Waals surface area contributed by atoms with Crippen molar-refractivity contribution in [3.05, 3.63) is 89.5 Å². The summed E-state index contributed by atoms with van der Waals surface area (Å²) < 4.78 is 1.98. The molecule has 0 saturated heterocycles. The van der Waals surface area contributed by atoms with Gasteiger partial charge in [-0.05, 0) is 59.9 Å². The molecule has 0 aliphatic rings. The number of phenolic OH excluding ortho intramolecular Hbond substituents is 1. The molecule has 1 amide bonds. The Morgan fingerprint density at radius 3 is 2.31 bits per heavy atom. The molecule has 7 nitrogen and oxygen atoms in total. The number of amides is 1. The third kappa shape index (κ3) is 6.20. The number of phenols is 1. The lowest BCUT2D eigenvalue weighted by molar-refractivity contribution is -0.118. The Kier molecular flexibility index (Phi) is 7.55. The van der Waals surface area contributed by atoms with Crippen LogP contribution in [0.4, 0.5) is 0 Å². The first-order valence-electron chi connectivity index (χ1n) is 11.6. The lowest BCUT2D eigenvalue weighted by atomic mass is 9.87. The molecule has 0 saturated carbocycles. The average molecular weight is 500 g/mol. The van der Waals surface area contributed by atoms with Gasteiger partial charge in [0, 0.05) is 11.3 Å². The van der Waals surface area contributed by atoms with E-state index in [0.717, 1.165) is 22.4 Å². The second-order valence-corrected chi connectivity index (χ2v) is 10.4. The number of nitrogens with one attached hydrogen (secondary N) is 1. The summed E-state index contributed by atoms with van der Waals surface area (Å²) in [5.41, 5.74) is 7.63. The predicted octanol–water partition coefficient (Wildman–Crippen LogP) is 5.49. The van der Waals surface area contributed by atoms with Gasteiger partial charge in [-0.15, -0.1) is 10.2 Å². The molecule has 0 aliphatic carbocycles. The standard InChI is InChI=1S/C28H29N5O2S/c1-19-5-13-23(14-6-19)33-26(21-9-11-22(12-10-21)28(2,3)4)31-32-27(33)36-18-25(35)30-29-17-20-7-15-24(34)16-8-20/h5-17,34H,18H2,1-4H3,(H,30,35). The van der Waals surface area contributed by atoms with Crippen molar-refractivity contribution in [2.75, 3.05) is 5.75 Å². The second-order valence-electron chi connectivity index (χ2n) is 9.48. The van der Waals surface area contributed by atoms with Gasteiger partial charge in [-0.25, -0.2) is 5.43 Å². The Morgan fingerprint density at radius 2 is 1.67 bits per heavy atom. The van der Waals surface area contributed by atoms with Crippen LogP contribution in [0.15, 0.2) is 83.1 Å². The highest BCUT2D eigenvalue weighted by molar-refractivity contribution is 7.99. The first kappa shape index (κ1) is 25.2. The molecule has 0 bridgehead atoms. The number of thioether (sulfide) groups is 1. The van der Waals surface area contributed by atoms with Crippen molar-refractivity contribution in [2.24, 2.45) is 5.10 Å². The van der Waals surface area contributed by atoms with E-state index in [-0.39, 0.29) is 22.8 Å². The normalized spacial score (nSPS) is 11.7. The fourth-order valence-corrected chi connectivity index (χ4v) is 4.24. The van der Waals surface area contributed by atoms with E-state index in [1.54, 1.807) is 24.3 Å². The third-order valence-electron chi connectivity index (χ3n) is 5.56. The van der Waals surface area contributed by atoms with Crippen LogP contribution in [0.3, 0.4) is 0 Å². The van der Waals surface area contributed by atoms with E-state index in [4.69, 9.17) is 0 Å². The van der Waals surface area contributed by atoms with Gasteiger partial charge in [0.25, 0.3) is 5.91 Å². The van der Waals surface area contributed by atoms with Crippen LogP contribution in [0, 0.1) is 6.92 Å². The van der Waals surface area contributed by atoms with Crippen LogP contribution in [0.5, 0.6) is 5.75 Å². The zero-order valence-corrected chi connectivity index (χ0v) is 21.6. The summed E-state index contributed by atoms with van der Waals surface area (Å²) in [4.78, 5) is 12.4. The van der Waals surface area contributed by atoms with E-state index in [9.17, 15) is 9.90 Å². The first-order valence-corrected chi connectivity index (χ1v) is 12.6. The number of aryl methyl sites for hydroxylation is 1. The monoisotopic (exact) mass is 499 g/mol. The van der Waals surface area contributed by atoms with Crippen LogP contribution in [0.2, 0.25) is 0 Å². The van der Waals surface area contributed by atoms with Gasteiger partial charge < -0.3 is 5.11 Å². The average Bonchev–Trinajstić information content (AvgIpc) is 3.28. The maximum Gasteiger partial charge on any atom is 0.250 e. The number of benzene rings is 3. The van der Waals surface area contributed by atoms with Crippen molar-refractivity contribution in [1.82, 2.24) is 20.2 Å². The highest BCUT2D eigenvalue weighted by Gasteiger charge is 2.19. The molecular weight excluding hydrogens is 470 g/mol. The highest BCUT2D eigenvalue weighted by Crippen LogP contribution is 2.30. The van der Waals surface area contributed by atoms with Gasteiger partial charge in [0.1, 0.15) is 5.75 Å². The van der Waals surface area contributed by atoms with Crippen LogP contribution < -0.4 is 5.43 Å². The van der Waals surface area contributed by atoms with E-state index in [1.165, 1.54) is 23.5 Å². The quantitative estimate of drug-likeness (QED) is 0.199. The molecule has 4 aromatic rings. The number of hydrazone groups is 1.